The van der Waals surface area contributed by atoms with Gasteiger partial charge in [-0.2, -0.15) is 0 Å². The molecule has 0 unspecified atom stereocenters. The number of nitrogen functional groups attached to an aromatic ring is 1. The average Bonchev–Trinajstić information content (AvgIpc) is 2.19. The van der Waals surface area contributed by atoms with Crippen molar-refractivity contribution in [3.8, 4) is 0 Å². The van der Waals surface area contributed by atoms with Crippen LogP contribution in [0.3, 0.4) is 0 Å². The van der Waals surface area contributed by atoms with E-state index in [1.165, 1.54) is 0 Å². The maximum atomic E-state index is 11.4. The molecule has 4 heteroatoms. The first-order valence-electron chi connectivity index (χ1n) is 4.29. The van der Waals surface area contributed by atoms with E-state index in [0.29, 0.717) is 17.9 Å². The molecule has 0 spiro atoms. The fraction of sp³-hybridized carbons (Fsp3) is 0.300. The normalized spacial score (nSPS) is 9.86. The van der Waals surface area contributed by atoms with E-state index in [2.05, 4.69) is 0 Å². The SMILES string of the molecule is CCOC(=O)c1cc(SC)ccc1N. The van der Waals surface area contributed by atoms with E-state index in [1.807, 2.05) is 12.3 Å². The molecule has 14 heavy (non-hydrogen) atoms. The molecule has 2 N–H and O–H groups in total. The molecule has 0 aliphatic rings. The van der Waals surface area contributed by atoms with Crippen molar-refractivity contribution in [1.82, 2.24) is 0 Å². The third-order valence-corrected chi connectivity index (χ3v) is 2.48. The lowest BCUT2D eigenvalue weighted by molar-refractivity contribution is 0.0527. The number of nitrogens with two attached hydrogens (primary N) is 1. The van der Waals surface area contributed by atoms with Crippen LogP contribution in [0.1, 0.15) is 17.3 Å². The van der Waals surface area contributed by atoms with E-state index >= 15 is 0 Å². The van der Waals surface area contributed by atoms with E-state index in [1.54, 1.807) is 30.8 Å². The topological polar surface area (TPSA) is 52.3 Å². The van der Waals surface area contributed by atoms with Gasteiger partial charge in [0.05, 0.1) is 12.2 Å². The zero-order chi connectivity index (χ0) is 10.6. The first-order valence-corrected chi connectivity index (χ1v) is 5.52. The molecule has 76 valence electrons. The molecule has 0 fully saturated rings. The highest BCUT2D eigenvalue weighted by molar-refractivity contribution is 7.98. The van der Waals surface area contributed by atoms with Gasteiger partial charge in [-0.05, 0) is 31.4 Å². The number of carbonyl (C=O) groups excluding carboxylic acids is 1. The predicted octanol–water partition coefficient (Wildman–Crippen LogP) is 2.17. The quantitative estimate of drug-likeness (QED) is 0.473. The van der Waals surface area contributed by atoms with Gasteiger partial charge in [0.1, 0.15) is 0 Å². The molecule has 0 bridgehead atoms. The average molecular weight is 211 g/mol. The van der Waals surface area contributed by atoms with Crippen molar-refractivity contribution >= 4 is 23.4 Å². The molecular formula is C10H13NO2S. The Hall–Kier alpha value is -1.16. The lowest BCUT2D eigenvalue weighted by Gasteiger charge is -2.06. The van der Waals surface area contributed by atoms with Crippen LogP contribution in [-0.2, 0) is 4.74 Å². The molecule has 0 atom stereocenters. The Morgan fingerprint density at radius 3 is 2.86 bits per heavy atom. The van der Waals surface area contributed by atoms with Crippen LogP contribution < -0.4 is 5.73 Å². The van der Waals surface area contributed by atoms with Crippen LogP contribution in [0.2, 0.25) is 0 Å². The number of hydrogen-bond acceptors (Lipinski definition) is 4. The molecule has 1 aromatic carbocycles. The maximum absolute atomic E-state index is 11.4. The summed E-state index contributed by atoms with van der Waals surface area (Å²) in [5.74, 6) is -0.360. The smallest absolute Gasteiger partial charge is 0.340 e. The number of anilines is 1. The van der Waals surface area contributed by atoms with Gasteiger partial charge < -0.3 is 10.5 Å². The molecule has 0 heterocycles. The minimum absolute atomic E-state index is 0.360. The Morgan fingerprint density at radius 1 is 1.57 bits per heavy atom. The van der Waals surface area contributed by atoms with Crippen molar-refractivity contribution in [2.24, 2.45) is 0 Å². The molecule has 1 rings (SSSR count). The zero-order valence-electron chi connectivity index (χ0n) is 8.24. The fourth-order valence-electron chi connectivity index (χ4n) is 1.05. The lowest BCUT2D eigenvalue weighted by Crippen LogP contribution is -2.07. The fourth-order valence-corrected chi connectivity index (χ4v) is 1.49. The lowest BCUT2D eigenvalue weighted by atomic mass is 10.2. The van der Waals surface area contributed by atoms with Crippen molar-refractivity contribution in [3.05, 3.63) is 23.8 Å². The second kappa shape index (κ2) is 4.91. The summed E-state index contributed by atoms with van der Waals surface area (Å²) >= 11 is 1.56. The van der Waals surface area contributed by atoms with Gasteiger partial charge >= 0.3 is 5.97 Å². The molecule has 0 aromatic heterocycles. The van der Waals surface area contributed by atoms with Gasteiger partial charge in [0.15, 0.2) is 0 Å². The molecule has 0 saturated heterocycles. The number of ether oxygens (including phenoxy) is 1. The van der Waals surface area contributed by atoms with Crippen LogP contribution in [0, 0.1) is 0 Å². The van der Waals surface area contributed by atoms with E-state index in [-0.39, 0.29) is 5.97 Å². The number of carbonyl (C=O) groups is 1. The zero-order valence-corrected chi connectivity index (χ0v) is 9.06. The van der Waals surface area contributed by atoms with Crippen LogP contribution in [0.4, 0.5) is 5.69 Å². The number of esters is 1. The molecule has 0 amide bonds. The van der Waals surface area contributed by atoms with E-state index in [9.17, 15) is 4.79 Å². The number of thioether (sulfide) groups is 1. The third kappa shape index (κ3) is 2.42. The molecular weight excluding hydrogens is 198 g/mol. The first kappa shape index (κ1) is 10.9. The van der Waals surface area contributed by atoms with Gasteiger partial charge in [-0.1, -0.05) is 0 Å². The number of rotatable bonds is 3. The van der Waals surface area contributed by atoms with Crippen molar-refractivity contribution in [2.45, 2.75) is 11.8 Å². The summed E-state index contributed by atoms with van der Waals surface area (Å²) < 4.78 is 4.88. The first-order chi connectivity index (χ1) is 6.69. The monoisotopic (exact) mass is 211 g/mol. The highest BCUT2D eigenvalue weighted by atomic mass is 32.2. The number of hydrogen-bond donors (Lipinski definition) is 1. The molecule has 0 aliphatic heterocycles. The number of benzene rings is 1. The van der Waals surface area contributed by atoms with Crippen LogP contribution in [0.15, 0.2) is 23.1 Å². The Morgan fingerprint density at radius 2 is 2.29 bits per heavy atom. The highest BCUT2D eigenvalue weighted by Crippen LogP contribution is 2.21. The van der Waals surface area contributed by atoms with Crippen LogP contribution in [0.25, 0.3) is 0 Å². The van der Waals surface area contributed by atoms with Crippen molar-refractivity contribution in [2.75, 3.05) is 18.6 Å². The summed E-state index contributed by atoms with van der Waals surface area (Å²) in [6.07, 6.45) is 1.94. The van der Waals surface area contributed by atoms with E-state index < -0.39 is 0 Å². The third-order valence-electron chi connectivity index (χ3n) is 1.76. The van der Waals surface area contributed by atoms with E-state index in [4.69, 9.17) is 10.5 Å². The van der Waals surface area contributed by atoms with Gasteiger partial charge in [0.2, 0.25) is 0 Å². The molecule has 3 nitrogen and oxygen atoms in total. The van der Waals surface area contributed by atoms with Crippen molar-refractivity contribution < 1.29 is 9.53 Å². The van der Waals surface area contributed by atoms with Crippen molar-refractivity contribution in [3.63, 3.8) is 0 Å². The second-order valence-electron chi connectivity index (χ2n) is 2.67. The second-order valence-corrected chi connectivity index (χ2v) is 3.55. The summed E-state index contributed by atoms with van der Waals surface area (Å²) in [5, 5.41) is 0. The highest BCUT2D eigenvalue weighted by Gasteiger charge is 2.10. The Bertz CT molecular complexity index is 339. The standard InChI is InChI=1S/C10H13NO2S/c1-3-13-10(12)8-6-7(14-2)4-5-9(8)11/h4-6H,3,11H2,1-2H3. The Labute approximate surface area is 87.6 Å². The maximum Gasteiger partial charge on any atom is 0.340 e. The van der Waals surface area contributed by atoms with Gasteiger partial charge in [0.25, 0.3) is 0 Å². The Balaban J connectivity index is 2.99. The summed E-state index contributed by atoms with van der Waals surface area (Å²) in [6.45, 7) is 2.13. The summed E-state index contributed by atoms with van der Waals surface area (Å²) in [4.78, 5) is 12.4. The van der Waals surface area contributed by atoms with E-state index in [0.717, 1.165) is 4.90 Å². The largest absolute Gasteiger partial charge is 0.462 e. The van der Waals surface area contributed by atoms with Crippen LogP contribution >= 0.6 is 11.8 Å². The predicted molar refractivity (Wildman–Crippen MR) is 58.6 cm³/mol. The summed E-state index contributed by atoms with van der Waals surface area (Å²) in [7, 11) is 0. The summed E-state index contributed by atoms with van der Waals surface area (Å²) in [5.41, 5.74) is 6.57. The minimum Gasteiger partial charge on any atom is -0.462 e. The molecule has 0 aliphatic carbocycles. The minimum atomic E-state index is -0.360. The Kier molecular flexibility index (Phi) is 3.83. The summed E-state index contributed by atoms with van der Waals surface area (Å²) in [6, 6.07) is 5.35. The van der Waals surface area contributed by atoms with Crippen molar-refractivity contribution in [1.29, 1.82) is 0 Å². The van der Waals surface area contributed by atoms with Gasteiger partial charge in [-0.15, -0.1) is 11.8 Å². The van der Waals surface area contributed by atoms with Crippen LogP contribution in [-0.4, -0.2) is 18.8 Å². The molecule has 1 aromatic rings. The van der Waals surface area contributed by atoms with Crippen LogP contribution in [0.5, 0.6) is 0 Å². The van der Waals surface area contributed by atoms with Gasteiger partial charge in [-0.25, -0.2) is 4.79 Å². The van der Waals surface area contributed by atoms with Gasteiger partial charge in [0, 0.05) is 10.6 Å². The van der Waals surface area contributed by atoms with Gasteiger partial charge in [-0.3, -0.25) is 0 Å². The molecule has 0 radical (unpaired) electrons. The molecule has 0 saturated carbocycles.